The second-order valence-corrected chi connectivity index (χ2v) is 2.50. The SMILES string of the molecule is CCCC(OC(N)=O)OC(=O)CC. The summed E-state index contributed by atoms with van der Waals surface area (Å²) in [5.41, 5.74) is 4.79. The molecule has 1 unspecified atom stereocenters. The van der Waals surface area contributed by atoms with Crippen LogP contribution in [0.15, 0.2) is 0 Å². The van der Waals surface area contributed by atoms with Crippen molar-refractivity contribution in [2.45, 2.75) is 39.4 Å². The molecule has 0 aliphatic carbocycles. The van der Waals surface area contributed by atoms with Crippen molar-refractivity contribution in [3.05, 3.63) is 0 Å². The van der Waals surface area contributed by atoms with Crippen LogP contribution in [0.3, 0.4) is 0 Å². The lowest BCUT2D eigenvalue weighted by atomic mass is 10.3. The van der Waals surface area contributed by atoms with Gasteiger partial charge in [-0.25, -0.2) is 4.79 Å². The summed E-state index contributed by atoms with van der Waals surface area (Å²) in [5.74, 6) is -0.403. The minimum Gasteiger partial charge on any atom is -0.425 e. The van der Waals surface area contributed by atoms with Crippen molar-refractivity contribution in [3.8, 4) is 0 Å². The zero-order valence-corrected chi connectivity index (χ0v) is 7.91. The first-order valence-electron chi connectivity index (χ1n) is 4.25. The molecule has 13 heavy (non-hydrogen) atoms. The van der Waals surface area contributed by atoms with Gasteiger partial charge in [0.2, 0.25) is 6.29 Å². The second-order valence-electron chi connectivity index (χ2n) is 2.50. The maximum absolute atomic E-state index is 10.8. The van der Waals surface area contributed by atoms with Crippen molar-refractivity contribution in [3.63, 3.8) is 0 Å². The lowest BCUT2D eigenvalue weighted by molar-refractivity contribution is -0.167. The van der Waals surface area contributed by atoms with Gasteiger partial charge < -0.3 is 15.2 Å². The molecule has 5 heteroatoms. The fraction of sp³-hybridized carbons (Fsp3) is 0.750. The van der Waals surface area contributed by atoms with E-state index >= 15 is 0 Å². The zero-order chi connectivity index (χ0) is 10.3. The summed E-state index contributed by atoms with van der Waals surface area (Å²) in [7, 11) is 0. The smallest absolute Gasteiger partial charge is 0.407 e. The van der Waals surface area contributed by atoms with E-state index < -0.39 is 18.4 Å². The van der Waals surface area contributed by atoms with Gasteiger partial charge in [-0.2, -0.15) is 0 Å². The molecule has 0 aromatic heterocycles. The molecule has 0 bridgehead atoms. The third-order valence-electron chi connectivity index (χ3n) is 1.32. The van der Waals surface area contributed by atoms with E-state index in [9.17, 15) is 9.59 Å². The molecule has 0 fully saturated rings. The first kappa shape index (κ1) is 11.7. The van der Waals surface area contributed by atoms with Crippen LogP contribution in [0.25, 0.3) is 0 Å². The predicted octanol–water partition coefficient (Wildman–Crippen LogP) is 1.16. The number of ether oxygens (including phenoxy) is 2. The number of carbonyl (C=O) groups is 2. The van der Waals surface area contributed by atoms with Crippen LogP contribution in [-0.2, 0) is 14.3 Å². The van der Waals surface area contributed by atoms with E-state index in [1.807, 2.05) is 6.92 Å². The number of rotatable bonds is 5. The largest absolute Gasteiger partial charge is 0.425 e. The highest BCUT2D eigenvalue weighted by Crippen LogP contribution is 2.05. The molecule has 5 nitrogen and oxygen atoms in total. The van der Waals surface area contributed by atoms with Crippen LogP contribution in [0, 0.1) is 0 Å². The molecule has 1 atom stereocenters. The molecule has 0 aromatic rings. The highest BCUT2D eigenvalue weighted by Gasteiger charge is 2.15. The van der Waals surface area contributed by atoms with Gasteiger partial charge in [-0.15, -0.1) is 0 Å². The van der Waals surface area contributed by atoms with E-state index in [4.69, 9.17) is 10.5 Å². The molecule has 0 saturated carbocycles. The Balaban J connectivity index is 3.93. The average Bonchev–Trinajstić information content (AvgIpc) is 2.03. The monoisotopic (exact) mass is 189 g/mol. The summed E-state index contributed by atoms with van der Waals surface area (Å²) >= 11 is 0. The van der Waals surface area contributed by atoms with Crippen LogP contribution >= 0.6 is 0 Å². The molecule has 1 amide bonds. The Morgan fingerprint density at radius 1 is 1.31 bits per heavy atom. The van der Waals surface area contributed by atoms with Crippen molar-refractivity contribution in [2.75, 3.05) is 0 Å². The molecule has 0 rings (SSSR count). The summed E-state index contributed by atoms with van der Waals surface area (Å²) in [4.78, 5) is 21.2. The molecule has 0 aliphatic heterocycles. The van der Waals surface area contributed by atoms with Gasteiger partial charge in [-0.3, -0.25) is 4.79 Å². The van der Waals surface area contributed by atoms with E-state index in [1.54, 1.807) is 6.92 Å². The van der Waals surface area contributed by atoms with E-state index in [0.29, 0.717) is 6.42 Å². The number of hydrogen-bond donors (Lipinski definition) is 1. The molecular weight excluding hydrogens is 174 g/mol. The van der Waals surface area contributed by atoms with Crippen molar-refractivity contribution < 1.29 is 19.1 Å². The second kappa shape index (κ2) is 6.28. The Hall–Kier alpha value is -1.26. The van der Waals surface area contributed by atoms with Crippen LogP contribution < -0.4 is 5.73 Å². The van der Waals surface area contributed by atoms with E-state index in [-0.39, 0.29) is 6.42 Å². The van der Waals surface area contributed by atoms with Crippen molar-refractivity contribution in [2.24, 2.45) is 5.73 Å². The molecule has 0 aliphatic rings. The maximum Gasteiger partial charge on any atom is 0.407 e. The van der Waals surface area contributed by atoms with Gasteiger partial charge in [-0.1, -0.05) is 13.8 Å². The van der Waals surface area contributed by atoms with Crippen LogP contribution in [0.5, 0.6) is 0 Å². The topological polar surface area (TPSA) is 78.6 Å². The maximum atomic E-state index is 10.8. The standard InChI is InChI=1S/C8H15NO4/c1-3-5-7(13-8(9)11)12-6(10)4-2/h7H,3-5H2,1-2H3,(H2,9,11). The van der Waals surface area contributed by atoms with Gasteiger partial charge in [0.15, 0.2) is 0 Å². The summed E-state index contributed by atoms with van der Waals surface area (Å²) in [6, 6.07) is 0. The fourth-order valence-corrected chi connectivity index (χ4v) is 0.737. The third kappa shape index (κ3) is 5.95. The van der Waals surface area contributed by atoms with Crippen molar-refractivity contribution in [1.29, 1.82) is 0 Å². The van der Waals surface area contributed by atoms with Crippen LogP contribution in [-0.4, -0.2) is 18.4 Å². The van der Waals surface area contributed by atoms with Crippen molar-refractivity contribution in [1.82, 2.24) is 0 Å². The van der Waals surface area contributed by atoms with Gasteiger partial charge in [-0.05, 0) is 6.42 Å². The normalized spacial score (nSPS) is 11.8. The summed E-state index contributed by atoms with van der Waals surface area (Å²) in [6.45, 7) is 3.55. The molecule has 0 saturated heterocycles. The lowest BCUT2D eigenvalue weighted by Gasteiger charge is -2.15. The molecule has 0 heterocycles. The van der Waals surface area contributed by atoms with Crippen LogP contribution in [0.2, 0.25) is 0 Å². The number of esters is 1. The zero-order valence-electron chi connectivity index (χ0n) is 7.91. The molecular formula is C8H15NO4. The number of amides is 1. The Kier molecular flexibility index (Phi) is 5.67. The number of nitrogens with two attached hydrogens (primary N) is 1. The highest BCUT2D eigenvalue weighted by atomic mass is 16.7. The molecule has 0 spiro atoms. The van der Waals surface area contributed by atoms with Gasteiger partial charge >= 0.3 is 12.1 Å². The average molecular weight is 189 g/mol. The van der Waals surface area contributed by atoms with Crippen LogP contribution in [0.1, 0.15) is 33.1 Å². The van der Waals surface area contributed by atoms with Gasteiger partial charge in [0.25, 0.3) is 0 Å². The van der Waals surface area contributed by atoms with Crippen molar-refractivity contribution >= 4 is 12.1 Å². The first-order valence-corrected chi connectivity index (χ1v) is 4.25. The highest BCUT2D eigenvalue weighted by molar-refractivity contribution is 5.69. The third-order valence-corrected chi connectivity index (χ3v) is 1.32. The fourth-order valence-electron chi connectivity index (χ4n) is 0.737. The minimum absolute atomic E-state index is 0.252. The van der Waals surface area contributed by atoms with E-state index in [2.05, 4.69) is 4.74 Å². The van der Waals surface area contributed by atoms with E-state index in [0.717, 1.165) is 6.42 Å². The molecule has 0 radical (unpaired) electrons. The predicted molar refractivity (Wildman–Crippen MR) is 45.7 cm³/mol. The quantitative estimate of drug-likeness (QED) is 0.520. The van der Waals surface area contributed by atoms with E-state index in [1.165, 1.54) is 0 Å². The summed E-state index contributed by atoms with van der Waals surface area (Å²) < 4.78 is 9.35. The summed E-state index contributed by atoms with van der Waals surface area (Å²) in [5, 5.41) is 0. The Labute approximate surface area is 77.2 Å². The lowest BCUT2D eigenvalue weighted by Crippen LogP contribution is -2.27. The number of hydrogen-bond acceptors (Lipinski definition) is 4. The van der Waals surface area contributed by atoms with Gasteiger partial charge in [0, 0.05) is 12.8 Å². The van der Waals surface area contributed by atoms with Gasteiger partial charge in [0.05, 0.1) is 0 Å². The van der Waals surface area contributed by atoms with Crippen LogP contribution in [0.4, 0.5) is 4.79 Å². The van der Waals surface area contributed by atoms with Gasteiger partial charge in [0.1, 0.15) is 0 Å². The Morgan fingerprint density at radius 3 is 2.31 bits per heavy atom. The summed E-state index contributed by atoms with van der Waals surface area (Å²) in [6.07, 6.45) is -0.302. The minimum atomic E-state index is -0.928. The Bertz CT molecular complexity index is 181. The first-order chi connectivity index (χ1) is 6.10. The Morgan fingerprint density at radius 2 is 1.92 bits per heavy atom. The molecule has 2 N–H and O–H groups in total. The molecule has 0 aromatic carbocycles. The number of primary amides is 1. The molecule has 76 valence electrons. The number of carbonyl (C=O) groups excluding carboxylic acids is 2.